The molecule has 1 aliphatic heterocycles. The molecule has 162 valence electrons. The van der Waals surface area contributed by atoms with Crippen molar-refractivity contribution in [1.82, 2.24) is 10.2 Å². The molecule has 0 aromatic heterocycles. The first-order valence-corrected chi connectivity index (χ1v) is 10.9. The average Bonchev–Trinajstić information content (AvgIpc) is 2.75. The van der Waals surface area contributed by atoms with E-state index in [1.54, 1.807) is 6.92 Å². The lowest BCUT2D eigenvalue weighted by atomic mass is 10.0. The number of piperidine rings is 1. The normalized spacial score (nSPS) is 16.3. The Morgan fingerprint density at radius 2 is 1.73 bits per heavy atom. The standard InChI is InChI=1S/C25H34N2O3/c1-18(2)23-7-5-6-8-24(23)29-19(3)25(28)26-17-20-9-11-21(12-10-20)30-22-13-15-27(4)16-14-22/h5-12,18-19,22H,13-17H2,1-4H3,(H,26,28)/t19-/m1/s1. The van der Waals surface area contributed by atoms with Crippen LogP contribution in [0.3, 0.4) is 0 Å². The Bertz CT molecular complexity index is 811. The number of carbonyl (C=O) groups is 1. The number of ether oxygens (including phenoxy) is 2. The van der Waals surface area contributed by atoms with Crippen molar-refractivity contribution < 1.29 is 14.3 Å². The SMILES string of the molecule is CC(C)c1ccccc1O[C@H](C)C(=O)NCc1ccc(OC2CCN(C)CC2)cc1. The van der Waals surface area contributed by atoms with Gasteiger partial charge >= 0.3 is 0 Å². The highest BCUT2D eigenvalue weighted by molar-refractivity contribution is 5.80. The molecular formula is C25H34N2O3. The van der Waals surface area contributed by atoms with Crippen LogP contribution in [0.15, 0.2) is 48.5 Å². The van der Waals surface area contributed by atoms with Gasteiger partial charge in [0.15, 0.2) is 6.10 Å². The summed E-state index contributed by atoms with van der Waals surface area (Å²) in [6.07, 6.45) is 1.86. The van der Waals surface area contributed by atoms with E-state index in [0.717, 1.165) is 48.6 Å². The first-order chi connectivity index (χ1) is 14.4. The minimum atomic E-state index is -0.558. The smallest absolute Gasteiger partial charge is 0.261 e. The molecule has 1 heterocycles. The Morgan fingerprint density at radius 3 is 2.40 bits per heavy atom. The van der Waals surface area contributed by atoms with E-state index in [2.05, 4.69) is 31.1 Å². The van der Waals surface area contributed by atoms with Gasteiger partial charge in [0, 0.05) is 19.6 Å². The van der Waals surface area contributed by atoms with Gasteiger partial charge in [0.05, 0.1) is 0 Å². The Morgan fingerprint density at radius 1 is 1.07 bits per heavy atom. The molecule has 0 spiro atoms. The third kappa shape index (κ3) is 6.23. The molecule has 1 atom stereocenters. The molecule has 0 aliphatic carbocycles. The van der Waals surface area contributed by atoms with Gasteiger partial charge in [-0.3, -0.25) is 4.79 Å². The lowest BCUT2D eigenvalue weighted by Gasteiger charge is -2.29. The number of hydrogen-bond donors (Lipinski definition) is 1. The summed E-state index contributed by atoms with van der Waals surface area (Å²) >= 11 is 0. The number of likely N-dealkylation sites (tertiary alicyclic amines) is 1. The van der Waals surface area contributed by atoms with Gasteiger partial charge in [-0.25, -0.2) is 0 Å². The number of rotatable bonds is 8. The number of carbonyl (C=O) groups excluding carboxylic acids is 1. The Labute approximate surface area is 180 Å². The minimum Gasteiger partial charge on any atom is -0.490 e. The zero-order valence-corrected chi connectivity index (χ0v) is 18.6. The number of hydrogen-bond acceptors (Lipinski definition) is 4. The van der Waals surface area contributed by atoms with Crippen LogP contribution in [0.25, 0.3) is 0 Å². The second-order valence-corrected chi connectivity index (χ2v) is 8.43. The van der Waals surface area contributed by atoms with Crippen molar-refractivity contribution in [3.63, 3.8) is 0 Å². The fourth-order valence-electron chi connectivity index (χ4n) is 3.62. The van der Waals surface area contributed by atoms with E-state index in [9.17, 15) is 4.79 Å². The van der Waals surface area contributed by atoms with E-state index in [4.69, 9.17) is 9.47 Å². The van der Waals surface area contributed by atoms with Crippen molar-refractivity contribution in [3.8, 4) is 11.5 Å². The van der Waals surface area contributed by atoms with Gasteiger partial charge in [-0.05, 0) is 62.1 Å². The van der Waals surface area contributed by atoms with Crippen LogP contribution in [0.5, 0.6) is 11.5 Å². The molecule has 0 saturated carbocycles. The largest absolute Gasteiger partial charge is 0.490 e. The van der Waals surface area contributed by atoms with Crippen molar-refractivity contribution in [3.05, 3.63) is 59.7 Å². The van der Waals surface area contributed by atoms with Gasteiger partial charge in [0.2, 0.25) is 0 Å². The van der Waals surface area contributed by atoms with Crippen molar-refractivity contribution in [2.45, 2.75) is 58.3 Å². The maximum atomic E-state index is 12.5. The number of nitrogens with zero attached hydrogens (tertiary/aromatic N) is 1. The first kappa shape index (κ1) is 22.2. The lowest BCUT2D eigenvalue weighted by Crippen LogP contribution is -2.36. The van der Waals surface area contributed by atoms with E-state index in [0.29, 0.717) is 18.6 Å². The fraction of sp³-hybridized carbons (Fsp3) is 0.480. The molecule has 1 amide bonds. The molecule has 5 nitrogen and oxygen atoms in total. The molecule has 1 saturated heterocycles. The summed E-state index contributed by atoms with van der Waals surface area (Å²) in [6, 6.07) is 15.9. The highest BCUT2D eigenvalue weighted by Gasteiger charge is 2.19. The minimum absolute atomic E-state index is 0.125. The summed E-state index contributed by atoms with van der Waals surface area (Å²) in [4.78, 5) is 14.8. The topological polar surface area (TPSA) is 50.8 Å². The van der Waals surface area contributed by atoms with Crippen LogP contribution in [0.4, 0.5) is 0 Å². The fourth-order valence-corrected chi connectivity index (χ4v) is 3.62. The number of benzene rings is 2. The zero-order valence-electron chi connectivity index (χ0n) is 18.6. The maximum absolute atomic E-state index is 12.5. The summed E-state index contributed by atoms with van der Waals surface area (Å²) in [6.45, 7) is 8.64. The highest BCUT2D eigenvalue weighted by atomic mass is 16.5. The van der Waals surface area contributed by atoms with Crippen LogP contribution in [0, 0.1) is 0 Å². The maximum Gasteiger partial charge on any atom is 0.261 e. The Hall–Kier alpha value is -2.53. The van der Waals surface area contributed by atoms with Crippen LogP contribution >= 0.6 is 0 Å². The molecule has 0 bridgehead atoms. The molecule has 1 N–H and O–H groups in total. The van der Waals surface area contributed by atoms with Gasteiger partial charge < -0.3 is 19.7 Å². The van der Waals surface area contributed by atoms with Gasteiger partial charge in [-0.1, -0.05) is 44.2 Å². The molecule has 1 fully saturated rings. The van der Waals surface area contributed by atoms with Crippen LogP contribution in [-0.4, -0.2) is 43.2 Å². The quantitative estimate of drug-likeness (QED) is 0.702. The Balaban J connectivity index is 1.47. The molecule has 1 aliphatic rings. The van der Waals surface area contributed by atoms with Crippen molar-refractivity contribution in [2.24, 2.45) is 0 Å². The second-order valence-electron chi connectivity index (χ2n) is 8.43. The predicted octanol–water partition coefficient (Wildman–Crippen LogP) is 4.37. The van der Waals surface area contributed by atoms with Crippen molar-refractivity contribution in [1.29, 1.82) is 0 Å². The molecule has 3 rings (SSSR count). The first-order valence-electron chi connectivity index (χ1n) is 10.9. The van der Waals surface area contributed by atoms with E-state index < -0.39 is 6.10 Å². The second kappa shape index (κ2) is 10.5. The number of amides is 1. The summed E-state index contributed by atoms with van der Waals surface area (Å²) in [5.74, 6) is 1.87. The molecule has 0 radical (unpaired) electrons. The third-order valence-electron chi connectivity index (χ3n) is 5.57. The van der Waals surface area contributed by atoms with Crippen LogP contribution in [-0.2, 0) is 11.3 Å². The van der Waals surface area contributed by atoms with Crippen LogP contribution < -0.4 is 14.8 Å². The molecular weight excluding hydrogens is 376 g/mol. The summed E-state index contributed by atoms with van der Waals surface area (Å²) < 4.78 is 12.0. The molecule has 2 aromatic rings. The predicted molar refractivity (Wildman–Crippen MR) is 120 cm³/mol. The summed E-state index contributed by atoms with van der Waals surface area (Å²) in [7, 11) is 2.15. The highest BCUT2D eigenvalue weighted by Crippen LogP contribution is 2.26. The van der Waals surface area contributed by atoms with Gasteiger partial charge in [0.1, 0.15) is 17.6 Å². The summed E-state index contributed by atoms with van der Waals surface area (Å²) in [5, 5.41) is 2.96. The van der Waals surface area contributed by atoms with Gasteiger partial charge in [0.25, 0.3) is 5.91 Å². The average molecular weight is 411 g/mol. The summed E-state index contributed by atoms with van der Waals surface area (Å²) in [5.41, 5.74) is 2.14. The molecule has 5 heteroatoms. The van der Waals surface area contributed by atoms with Crippen molar-refractivity contribution in [2.75, 3.05) is 20.1 Å². The molecule has 2 aromatic carbocycles. The van der Waals surface area contributed by atoms with Crippen LogP contribution in [0.2, 0.25) is 0 Å². The van der Waals surface area contributed by atoms with E-state index in [1.807, 2.05) is 48.5 Å². The van der Waals surface area contributed by atoms with E-state index >= 15 is 0 Å². The lowest BCUT2D eigenvalue weighted by molar-refractivity contribution is -0.127. The van der Waals surface area contributed by atoms with E-state index in [1.165, 1.54) is 0 Å². The van der Waals surface area contributed by atoms with Crippen molar-refractivity contribution >= 4 is 5.91 Å². The number of nitrogens with one attached hydrogen (secondary N) is 1. The zero-order chi connectivity index (χ0) is 21.5. The van der Waals surface area contributed by atoms with Crippen LogP contribution in [0.1, 0.15) is 50.7 Å². The van der Waals surface area contributed by atoms with Gasteiger partial charge in [-0.2, -0.15) is 0 Å². The third-order valence-corrected chi connectivity index (χ3v) is 5.57. The monoisotopic (exact) mass is 410 g/mol. The van der Waals surface area contributed by atoms with Gasteiger partial charge in [-0.15, -0.1) is 0 Å². The number of para-hydroxylation sites is 1. The molecule has 0 unspecified atom stereocenters. The molecule has 30 heavy (non-hydrogen) atoms. The Kier molecular flexibility index (Phi) is 7.75. The van der Waals surface area contributed by atoms with E-state index in [-0.39, 0.29) is 5.91 Å².